The molecule has 0 atom stereocenters. The summed E-state index contributed by atoms with van der Waals surface area (Å²) < 4.78 is 98.9. The van der Waals surface area contributed by atoms with Gasteiger partial charge < -0.3 is 9.47 Å². The molecular formula is C24H21F6NO5S. The molecule has 0 spiro atoms. The number of fused-ring (bicyclic) bond motifs is 1. The van der Waals surface area contributed by atoms with Crippen LogP contribution in [-0.4, -0.2) is 42.7 Å². The number of nitrogens with zero attached hydrogens (tertiary/aromatic N) is 1. The van der Waals surface area contributed by atoms with Gasteiger partial charge in [0.25, 0.3) is 0 Å². The zero-order valence-electron chi connectivity index (χ0n) is 19.3. The van der Waals surface area contributed by atoms with Crippen LogP contribution in [0.4, 0.5) is 26.3 Å². The average Bonchev–Trinajstić information content (AvgIpc) is 3.21. The first kappa shape index (κ1) is 28.4. The van der Waals surface area contributed by atoms with E-state index < -0.39 is 50.5 Å². The minimum atomic E-state index is -5.34. The third-order valence-corrected chi connectivity index (χ3v) is 5.76. The second-order valence-corrected chi connectivity index (χ2v) is 8.84. The van der Waals surface area contributed by atoms with Crippen molar-refractivity contribution in [3.63, 3.8) is 0 Å². The van der Waals surface area contributed by atoms with Gasteiger partial charge in [0.05, 0.1) is 26.1 Å². The first-order valence-corrected chi connectivity index (χ1v) is 11.5. The number of esters is 1. The van der Waals surface area contributed by atoms with Crippen LogP contribution in [0.2, 0.25) is 0 Å². The molecule has 0 bridgehead atoms. The summed E-state index contributed by atoms with van der Waals surface area (Å²) in [5, 5.41) is 0.872. The van der Waals surface area contributed by atoms with Crippen LogP contribution in [0.3, 0.4) is 0 Å². The predicted molar refractivity (Wildman–Crippen MR) is 123 cm³/mol. The minimum Gasteiger partial charge on any atom is -0.493 e. The third-order valence-electron chi connectivity index (χ3n) is 4.61. The molecular weight excluding hydrogens is 528 g/mol. The zero-order valence-corrected chi connectivity index (χ0v) is 20.1. The van der Waals surface area contributed by atoms with E-state index in [1.165, 1.54) is 24.3 Å². The molecule has 2 aromatic heterocycles. The molecule has 0 aliphatic heterocycles. The summed E-state index contributed by atoms with van der Waals surface area (Å²) in [7, 11) is 0. The molecule has 3 aromatic rings. The van der Waals surface area contributed by atoms with Gasteiger partial charge >= 0.3 is 24.5 Å². The van der Waals surface area contributed by atoms with Gasteiger partial charge in [-0.25, -0.2) is 14.3 Å². The Bertz CT molecular complexity index is 1230. The van der Waals surface area contributed by atoms with E-state index >= 15 is 0 Å². The molecule has 0 saturated carbocycles. The highest BCUT2D eigenvalue weighted by Gasteiger charge is 2.52. The van der Waals surface area contributed by atoms with E-state index in [4.69, 9.17) is 4.74 Å². The fourth-order valence-electron chi connectivity index (χ4n) is 2.90. The Morgan fingerprint density at radius 2 is 1.68 bits per heavy atom. The van der Waals surface area contributed by atoms with Crippen molar-refractivity contribution in [1.82, 2.24) is 4.98 Å². The van der Waals surface area contributed by atoms with Crippen LogP contribution < -0.4 is 4.74 Å². The molecule has 0 saturated heterocycles. The maximum Gasteiger partial charge on any atom is 0.494 e. The third kappa shape index (κ3) is 8.72. The summed E-state index contributed by atoms with van der Waals surface area (Å²) in [5.41, 5.74) is 0.786. The standard InChI is InChI=1S/C24H21F6NO5S/c1-15(2)21(32)34-11-8-23(27,28)36-24(29,30)35-22(25,26)7-10-33-18-6-5-16-12-19(37-20(16)13-18)17-4-3-9-31-14-17/h3-6,9,12-14H,1,7-8,10-11H2,2H3. The fourth-order valence-corrected chi connectivity index (χ4v) is 3.98. The average molecular weight is 549 g/mol. The van der Waals surface area contributed by atoms with E-state index in [0.29, 0.717) is 0 Å². The summed E-state index contributed by atoms with van der Waals surface area (Å²) in [6.07, 6.45) is -14.1. The molecule has 0 aliphatic rings. The molecule has 0 radical (unpaired) electrons. The van der Waals surface area contributed by atoms with E-state index in [2.05, 4.69) is 25.8 Å². The summed E-state index contributed by atoms with van der Waals surface area (Å²) in [4.78, 5) is 16.1. The van der Waals surface area contributed by atoms with Crippen molar-refractivity contribution in [3.05, 3.63) is 60.9 Å². The van der Waals surface area contributed by atoms with Crippen molar-refractivity contribution < 1.29 is 50.1 Å². The Labute approximate surface area is 211 Å². The van der Waals surface area contributed by atoms with Crippen LogP contribution >= 0.6 is 11.3 Å². The first-order chi connectivity index (χ1) is 17.3. The van der Waals surface area contributed by atoms with Crippen LogP contribution in [0.15, 0.2) is 60.9 Å². The molecule has 3 rings (SSSR count). The Kier molecular flexibility index (Phi) is 8.82. The van der Waals surface area contributed by atoms with Crippen molar-refractivity contribution in [3.8, 4) is 16.2 Å². The van der Waals surface area contributed by atoms with Gasteiger partial charge in [-0.2, -0.15) is 17.6 Å². The van der Waals surface area contributed by atoms with Crippen molar-refractivity contribution in [1.29, 1.82) is 0 Å². The van der Waals surface area contributed by atoms with Gasteiger partial charge in [-0.3, -0.25) is 4.98 Å². The fraction of sp³-hybridized carbons (Fsp3) is 0.333. The lowest BCUT2D eigenvalue weighted by Crippen LogP contribution is -2.41. The maximum absolute atomic E-state index is 13.9. The second kappa shape index (κ2) is 11.5. The number of rotatable bonds is 13. The van der Waals surface area contributed by atoms with Crippen molar-refractivity contribution in [2.45, 2.75) is 38.3 Å². The number of carbonyl (C=O) groups excluding carboxylic acids is 1. The SMILES string of the molecule is C=C(C)C(=O)OCCC(F)(F)OC(F)(F)OC(F)(F)CCOc1ccc2cc(-c3cccnc3)sc2c1. The Hall–Kier alpha value is -3.16. The highest BCUT2D eigenvalue weighted by molar-refractivity contribution is 7.22. The number of carbonyl (C=O) groups is 1. The maximum atomic E-state index is 13.9. The smallest absolute Gasteiger partial charge is 0.493 e. The molecule has 37 heavy (non-hydrogen) atoms. The number of pyridine rings is 1. The van der Waals surface area contributed by atoms with Crippen LogP contribution in [0.5, 0.6) is 5.75 Å². The number of ether oxygens (including phenoxy) is 4. The lowest BCUT2D eigenvalue weighted by Gasteiger charge is -2.26. The van der Waals surface area contributed by atoms with Crippen LogP contribution in [0, 0.1) is 0 Å². The Morgan fingerprint density at radius 1 is 1.00 bits per heavy atom. The van der Waals surface area contributed by atoms with Crippen LogP contribution in [-0.2, 0) is 19.0 Å². The summed E-state index contributed by atoms with van der Waals surface area (Å²) in [6.45, 7) is 2.67. The largest absolute Gasteiger partial charge is 0.494 e. The number of hydrogen-bond donors (Lipinski definition) is 0. The molecule has 6 nitrogen and oxygen atoms in total. The van der Waals surface area contributed by atoms with Gasteiger partial charge in [0.2, 0.25) is 0 Å². The molecule has 0 unspecified atom stereocenters. The monoisotopic (exact) mass is 549 g/mol. The van der Waals surface area contributed by atoms with Gasteiger partial charge in [0.15, 0.2) is 0 Å². The molecule has 13 heteroatoms. The predicted octanol–water partition coefficient (Wildman–Crippen LogP) is 7.01. The van der Waals surface area contributed by atoms with E-state index in [1.807, 2.05) is 12.1 Å². The number of thiophene rings is 1. The van der Waals surface area contributed by atoms with E-state index in [9.17, 15) is 31.1 Å². The quantitative estimate of drug-likeness (QED) is 0.0989. The Morgan fingerprint density at radius 3 is 2.30 bits per heavy atom. The number of aromatic nitrogens is 1. The summed E-state index contributed by atoms with van der Waals surface area (Å²) >= 11 is 1.41. The minimum absolute atomic E-state index is 0.107. The van der Waals surface area contributed by atoms with Gasteiger partial charge in [0, 0.05) is 33.1 Å². The van der Waals surface area contributed by atoms with Crippen molar-refractivity contribution in [2.24, 2.45) is 0 Å². The number of halogens is 6. The van der Waals surface area contributed by atoms with Crippen LogP contribution in [0.1, 0.15) is 19.8 Å². The van der Waals surface area contributed by atoms with Gasteiger partial charge in [-0.15, -0.1) is 20.1 Å². The highest BCUT2D eigenvalue weighted by Crippen LogP contribution is 2.37. The molecule has 0 aliphatic carbocycles. The number of alkyl halides is 6. The number of benzene rings is 1. The summed E-state index contributed by atoms with van der Waals surface area (Å²) in [6, 6.07) is 10.4. The van der Waals surface area contributed by atoms with Crippen LogP contribution in [0.25, 0.3) is 20.5 Å². The second-order valence-electron chi connectivity index (χ2n) is 7.76. The first-order valence-electron chi connectivity index (χ1n) is 10.7. The molecule has 1 aromatic carbocycles. The van der Waals surface area contributed by atoms with Gasteiger partial charge in [-0.1, -0.05) is 12.6 Å². The molecule has 2 heterocycles. The van der Waals surface area contributed by atoms with Gasteiger partial charge in [-0.05, 0) is 42.6 Å². The molecule has 0 N–H and O–H groups in total. The zero-order chi connectivity index (χ0) is 27.3. The molecule has 0 fully saturated rings. The van der Waals surface area contributed by atoms with E-state index in [1.54, 1.807) is 30.6 Å². The Balaban J connectivity index is 1.51. The molecule has 0 amide bonds. The highest BCUT2D eigenvalue weighted by atomic mass is 32.1. The lowest BCUT2D eigenvalue weighted by atomic mass is 10.2. The molecule has 200 valence electrons. The number of hydrogen-bond acceptors (Lipinski definition) is 7. The van der Waals surface area contributed by atoms with Gasteiger partial charge in [0.1, 0.15) is 5.75 Å². The van der Waals surface area contributed by atoms with Crippen molar-refractivity contribution >= 4 is 27.4 Å². The van der Waals surface area contributed by atoms with E-state index in [-0.39, 0.29) is 11.3 Å². The lowest BCUT2D eigenvalue weighted by molar-refractivity contribution is -0.514. The summed E-state index contributed by atoms with van der Waals surface area (Å²) in [5.74, 6) is -0.834. The van der Waals surface area contributed by atoms with E-state index in [0.717, 1.165) is 20.5 Å². The normalized spacial score (nSPS) is 12.5. The topological polar surface area (TPSA) is 66.9 Å². The van der Waals surface area contributed by atoms with Crippen molar-refractivity contribution in [2.75, 3.05) is 13.2 Å².